The molecule has 0 saturated carbocycles. The van der Waals surface area contributed by atoms with E-state index in [2.05, 4.69) is 5.32 Å². The summed E-state index contributed by atoms with van der Waals surface area (Å²) < 4.78 is 0. The average molecular weight is 213 g/mol. The van der Waals surface area contributed by atoms with Gasteiger partial charge in [-0.1, -0.05) is 17.8 Å². The molecule has 1 unspecified atom stereocenters. The third kappa shape index (κ3) is 1.24. The van der Waals surface area contributed by atoms with E-state index in [9.17, 15) is 4.79 Å². The topological polar surface area (TPSA) is 49.3 Å². The summed E-state index contributed by atoms with van der Waals surface area (Å²) >= 11 is 2.72. The van der Waals surface area contributed by atoms with Gasteiger partial charge in [-0.3, -0.25) is 0 Å². The lowest BCUT2D eigenvalue weighted by atomic mass is 10.2. The van der Waals surface area contributed by atoms with Crippen LogP contribution in [0.2, 0.25) is 0 Å². The molecule has 1 aromatic rings. The first-order valence-corrected chi connectivity index (χ1v) is 5.39. The Kier molecular flexibility index (Phi) is 2.05. The Morgan fingerprint density at radius 2 is 2.46 bits per heavy atom. The Hall–Kier alpha value is -0.940. The number of aliphatic carboxylic acids is 1. The van der Waals surface area contributed by atoms with Crippen LogP contribution in [0.15, 0.2) is 29.1 Å². The monoisotopic (exact) mass is 213 g/mol. The van der Waals surface area contributed by atoms with Gasteiger partial charge in [0.25, 0.3) is 0 Å². The second kappa shape index (κ2) is 3.08. The van der Waals surface area contributed by atoms with Gasteiger partial charge in [-0.25, -0.2) is 4.79 Å². The maximum Gasteiger partial charge on any atom is 0.346 e. The molecular weight excluding hydrogens is 206 g/mol. The summed E-state index contributed by atoms with van der Waals surface area (Å²) in [6.45, 7) is 0. The number of carbonyl (C=O) groups is 1. The van der Waals surface area contributed by atoms with E-state index in [4.69, 9.17) is 5.11 Å². The zero-order valence-corrected chi connectivity index (χ0v) is 8.19. The SMILES string of the molecule is O=C(O)C1(c2cccs2)NC=CS1. The lowest BCUT2D eigenvalue weighted by Gasteiger charge is -2.22. The van der Waals surface area contributed by atoms with E-state index in [-0.39, 0.29) is 0 Å². The largest absolute Gasteiger partial charge is 0.479 e. The quantitative estimate of drug-likeness (QED) is 0.786. The van der Waals surface area contributed by atoms with Crippen LogP contribution in [0, 0.1) is 0 Å². The number of hydrogen-bond acceptors (Lipinski definition) is 4. The molecule has 1 atom stereocenters. The molecule has 0 aliphatic carbocycles. The Labute approximate surface area is 83.5 Å². The van der Waals surface area contributed by atoms with Crippen LogP contribution >= 0.6 is 23.1 Å². The highest BCUT2D eigenvalue weighted by Crippen LogP contribution is 2.40. The van der Waals surface area contributed by atoms with Crippen molar-refractivity contribution in [3.63, 3.8) is 0 Å². The van der Waals surface area contributed by atoms with Gasteiger partial charge in [0.2, 0.25) is 4.87 Å². The molecule has 2 N–H and O–H groups in total. The smallest absolute Gasteiger partial charge is 0.346 e. The third-order valence-electron chi connectivity index (χ3n) is 1.77. The average Bonchev–Trinajstić information content (AvgIpc) is 2.75. The molecule has 0 saturated heterocycles. The van der Waals surface area contributed by atoms with Crippen LogP contribution in [0.4, 0.5) is 0 Å². The van der Waals surface area contributed by atoms with Gasteiger partial charge in [-0.05, 0) is 16.9 Å². The van der Waals surface area contributed by atoms with Gasteiger partial charge < -0.3 is 10.4 Å². The molecule has 0 amide bonds. The number of carboxylic acid groups (broad SMARTS) is 1. The highest BCUT2D eigenvalue weighted by atomic mass is 32.2. The molecule has 0 radical (unpaired) electrons. The number of rotatable bonds is 2. The van der Waals surface area contributed by atoms with E-state index in [1.54, 1.807) is 11.6 Å². The lowest BCUT2D eigenvalue weighted by Crippen LogP contribution is -2.40. The molecular formula is C8H7NO2S2. The normalized spacial score (nSPS) is 25.8. The summed E-state index contributed by atoms with van der Waals surface area (Å²) in [4.78, 5) is 10.9. The van der Waals surface area contributed by atoms with Crippen LogP contribution < -0.4 is 5.32 Å². The fourth-order valence-corrected chi connectivity index (χ4v) is 2.97. The minimum absolute atomic E-state index is 0.815. The predicted octanol–water partition coefficient (Wildman–Crippen LogP) is 1.79. The van der Waals surface area contributed by atoms with Crippen molar-refractivity contribution in [2.45, 2.75) is 4.87 Å². The summed E-state index contributed by atoms with van der Waals surface area (Å²) in [5.41, 5.74) is 0. The van der Waals surface area contributed by atoms with Crippen LogP contribution in [-0.2, 0) is 9.67 Å². The number of thiophene rings is 1. The Morgan fingerprint density at radius 3 is 2.92 bits per heavy atom. The molecule has 0 bridgehead atoms. The van der Waals surface area contributed by atoms with Crippen LogP contribution in [0.25, 0.3) is 0 Å². The van der Waals surface area contributed by atoms with Crippen molar-refractivity contribution in [1.82, 2.24) is 5.32 Å². The number of carboxylic acids is 1. The van der Waals surface area contributed by atoms with Gasteiger partial charge in [-0.2, -0.15) is 0 Å². The summed E-state index contributed by atoms with van der Waals surface area (Å²) in [6, 6.07) is 3.68. The zero-order valence-electron chi connectivity index (χ0n) is 6.56. The second-order valence-electron chi connectivity index (χ2n) is 2.53. The molecule has 0 aromatic carbocycles. The van der Waals surface area contributed by atoms with Gasteiger partial charge >= 0.3 is 5.97 Å². The van der Waals surface area contributed by atoms with E-state index in [0.717, 1.165) is 4.88 Å². The Bertz CT molecular complexity index is 337. The molecule has 2 heterocycles. The summed E-state index contributed by atoms with van der Waals surface area (Å²) in [5, 5.41) is 15.6. The van der Waals surface area contributed by atoms with Crippen molar-refractivity contribution >= 4 is 29.1 Å². The van der Waals surface area contributed by atoms with Crippen LogP contribution in [0.1, 0.15) is 4.88 Å². The van der Waals surface area contributed by atoms with Gasteiger partial charge in [0.1, 0.15) is 0 Å². The molecule has 5 heteroatoms. The highest BCUT2D eigenvalue weighted by molar-refractivity contribution is 8.04. The van der Waals surface area contributed by atoms with Crippen molar-refractivity contribution in [2.75, 3.05) is 0 Å². The van der Waals surface area contributed by atoms with Crippen LogP contribution in [0.5, 0.6) is 0 Å². The number of thioether (sulfide) groups is 1. The fraction of sp³-hybridized carbons (Fsp3) is 0.125. The first-order chi connectivity index (χ1) is 6.26. The van der Waals surface area contributed by atoms with Crippen molar-refractivity contribution in [2.24, 2.45) is 0 Å². The molecule has 0 spiro atoms. The molecule has 3 nitrogen and oxygen atoms in total. The van der Waals surface area contributed by atoms with Crippen molar-refractivity contribution in [3.8, 4) is 0 Å². The lowest BCUT2D eigenvalue weighted by molar-refractivity contribution is -0.140. The van der Waals surface area contributed by atoms with Crippen LogP contribution in [0.3, 0.4) is 0 Å². The maximum atomic E-state index is 11.1. The first-order valence-electron chi connectivity index (χ1n) is 3.63. The summed E-state index contributed by atoms with van der Waals surface area (Å²) in [5.74, 6) is -0.857. The van der Waals surface area contributed by atoms with E-state index in [0.29, 0.717) is 0 Å². The number of hydrogen-bond donors (Lipinski definition) is 2. The Balaban J connectivity index is 2.41. The zero-order chi connectivity index (χ0) is 9.31. The molecule has 2 rings (SSSR count). The minimum atomic E-state index is -0.992. The molecule has 68 valence electrons. The predicted molar refractivity (Wildman–Crippen MR) is 53.5 cm³/mol. The molecule has 1 aromatic heterocycles. The molecule has 1 aliphatic rings. The highest BCUT2D eigenvalue weighted by Gasteiger charge is 2.43. The Morgan fingerprint density at radius 1 is 1.62 bits per heavy atom. The van der Waals surface area contributed by atoms with Gasteiger partial charge in [0.05, 0.1) is 4.88 Å². The fourth-order valence-electron chi connectivity index (χ4n) is 1.15. The van der Waals surface area contributed by atoms with Crippen LogP contribution in [-0.4, -0.2) is 11.1 Å². The first kappa shape index (κ1) is 8.65. The second-order valence-corrected chi connectivity index (χ2v) is 4.60. The van der Waals surface area contributed by atoms with E-state index in [1.807, 2.05) is 17.5 Å². The van der Waals surface area contributed by atoms with E-state index in [1.165, 1.54) is 23.1 Å². The maximum absolute atomic E-state index is 11.1. The van der Waals surface area contributed by atoms with E-state index < -0.39 is 10.8 Å². The summed E-state index contributed by atoms with van der Waals surface area (Å²) in [7, 11) is 0. The standard InChI is InChI=1S/C8H7NO2S2/c10-7(11)8(9-3-5-13-8)6-2-1-4-12-6/h1-5,9H,(H,10,11). The minimum Gasteiger partial charge on any atom is -0.479 e. The van der Waals surface area contributed by atoms with Crippen molar-refractivity contribution < 1.29 is 9.90 Å². The van der Waals surface area contributed by atoms with Crippen molar-refractivity contribution in [1.29, 1.82) is 0 Å². The van der Waals surface area contributed by atoms with Gasteiger partial charge in [0, 0.05) is 6.20 Å². The molecule has 0 fully saturated rings. The molecule has 13 heavy (non-hydrogen) atoms. The third-order valence-corrected chi connectivity index (χ3v) is 4.03. The van der Waals surface area contributed by atoms with Gasteiger partial charge in [0.15, 0.2) is 0 Å². The van der Waals surface area contributed by atoms with E-state index >= 15 is 0 Å². The summed E-state index contributed by atoms with van der Waals surface area (Å²) in [6.07, 6.45) is 1.67. The van der Waals surface area contributed by atoms with Gasteiger partial charge in [-0.15, -0.1) is 11.3 Å². The van der Waals surface area contributed by atoms with Crippen molar-refractivity contribution in [3.05, 3.63) is 34.0 Å². The number of nitrogens with one attached hydrogen (secondary N) is 1. The molecule has 1 aliphatic heterocycles.